The van der Waals surface area contributed by atoms with Gasteiger partial charge in [0.15, 0.2) is 0 Å². The summed E-state index contributed by atoms with van der Waals surface area (Å²) in [5, 5.41) is 13.3. The second kappa shape index (κ2) is 5.71. The fraction of sp³-hybridized carbons (Fsp3) is 0. The number of nitrogens with zero attached hydrogens (tertiary/aromatic N) is 1. The van der Waals surface area contributed by atoms with E-state index in [0.29, 0.717) is 6.41 Å². The highest BCUT2D eigenvalue weighted by molar-refractivity contribution is 7.91. The first-order chi connectivity index (χ1) is 9.96. The summed E-state index contributed by atoms with van der Waals surface area (Å²) in [6.45, 7) is 0. The molecule has 0 unspecified atom stereocenters. The summed E-state index contributed by atoms with van der Waals surface area (Å²) in [5.74, 6) is 0. The molecule has 0 heterocycles. The average molecular weight is 306 g/mol. The van der Waals surface area contributed by atoms with Crippen molar-refractivity contribution in [2.75, 3.05) is 5.32 Å². The largest absolute Gasteiger partial charge is 0.328 e. The fourth-order valence-corrected chi connectivity index (χ4v) is 3.20. The van der Waals surface area contributed by atoms with Crippen molar-refractivity contribution < 1.29 is 18.1 Å². The Morgan fingerprint density at radius 2 is 1.76 bits per heavy atom. The van der Waals surface area contributed by atoms with Gasteiger partial charge in [-0.3, -0.25) is 14.9 Å². The molecule has 0 aliphatic heterocycles. The predicted octanol–water partition coefficient (Wildman–Crippen LogP) is 2.00. The lowest BCUT2D eigenvalue weighted by atomic mass is 10.3. The van der Waals surface area contributed by atoms with Gasteiger partial charge in [0.1, 0.15) is 4.90 Å². The van der Waals surface area contributed by atoms with Gasteiger partial charge in [-0.25, -0.2) is 8.42 Å². The van der Waals surface area contributed by atoms with Crippen molar-refractivity contribution in [2.45, 2.75) is 9.79 Å². The summed E-state index contributed by atoms with van der Waals surface area (Å²) >= 11 is 0. The summed E-state index contributed by atoms with van der Waals surface area (Å²) < 4.78 is 24.9. The highest BCUT2D eigenvalue weighted by Gasteiger charge is 2.27. The molecule has 0 saturated heterocycles. The van der Waals surface area contributed by atoms with Crippen LogP contribution in [0.1, 0.15) is 0 Å². The zero-order valence-electron chi connectivity index (χ0n) is 10.6. The lowest BCUT2D eigenvalue weighted by Crippen LogP contribution is -2.06. The zero-order valence-corrected chi connectivity index (χ0v) is 11.4. The Balaban J connectivity index is 2.63. The molecule has 0 fully saturated rings. The Morgan fingerprint density at radius 1 is 1.10 bits per heavy atom. The van der Waals surface area contributed by atoms with Gasteiger partial charge in [-0.05, 0) is 24.3 Å². The van der Waals surface area contributed by atoms with Gasteiger partial charge in [-0.15, -0.1) is 0 Å². The molecule has 21 heavy (non-hydrogen) atoms. The maximum atomic E-state index is 12.4. The number of rotatable bonds is 5. The van der Waals surface area contributed by atoms with Crippen LogP contribution >= 0.6 is 0 Å². The second-order valence-corrected chi connectivity index (χ2v) is 5.94. The molecule has 2 rings (SSSR count). The van der Waals surface area contributed by atoms with Gasteiger partial charge >= 0.3 is 0 Å². The van der Waals surface area contributed by atoms with Crippen LogP contribution in [0, 0.1) is 10.1 Å². The average Bonchev–Trinajstić information content (AvgIpc) is 2.48. The Kier molecular flexibility index (Phi) is 3.99. The zero-order chi connectivity index (χ0) is 15.5. The van der Waals surface area contributed by atoms with E-state index in [-0.39, 0.29) is 10.6 Å². The number of nitro benzene ring substituents is 1. The van der Waals surface area contributed by atoms with Crippen molar-refractivity contribution in [3.63, 3.8) is 0 Å². The third-order valence-corrected chi connectivity index (χ3v) is 4.54. The van der Waals surface area contributed by atoms with Gasteiger partial charge in [0.05, 0.1) is 9.82 Å². The minimum absolute atomic E-state index is 0.0378. The minimum Gasteiger partial charge on any atom is -0.328 e. The molecule has 0 aromatic heterocycles. The van der Waals surface area contributed by atoms with E-state index in [1.807, 2.05) is 0 Å². The summed E-state index contributed by atoms with van der Waals surface area (Å²) in [6.07, 6.45) is 0.352. The van der Waals surface area contributed by atoms with E-state index in [0.717, 1.165) is 12.1 Å². The molecule has 0 spiro atoms. The van der Waals surface area contributed by atoms with Crippen LogP contribution in [-0.2, 0) is 14.6 Å². The number of sulfone groups is 1. The van der Waals surface area contributed by atoms with Crippen LogP contribution in [0.25, 0.3) is 0 Å². The van der Waals surface area contributed by atoms with E-state index in [2.05, 4.69) is 5.32 Å². The molecule has 0 atom stereocenters. The molecule has 1 amide bonds. The molecule has 8 heteroatoms. The number of hydrogen-bond donors (Lipinski definition) is 1. The van der Waals surface area contributed by atoms with Gasteiger partial charge in [0, 0.05) is 11.8 Å². The third kappa shape index (κ3) is 2.90. The lowest BCUT2D eigenvalue weighted by molar-refractivity contribution is -0.387. The summed E-state index contributed by atoms with van der Waals surface area (Å²) in [6, 6.07) is 10.8. The maximum Gasteiger partial charge on any atom is 0.290 e. The van der Waals surface area contributed by atoms with Gasteiger partial charge in [0.2, 0.25) is 16.2 Å². The van der Waals surface area contributed by atoms with Crippen LogP contribution in [-0.4, -0.2) is 19.8 Å². The van der Waals surface area contributed by atoms with Crippen LogP contribution < -0.4 is 5.32 Å². The van der Waals surface area contributed by atoms with Gasteiger partial charge in [-0.1, -0.05) is 18.2 Å². The van der Waals surface area contributed by atoms with Crippen molar-refractivity contribution in [1.82, 2.24) is 0 Å². The van der Waals surface area contributed by atoms with Gasteiger partial charge in [0.25, 0.3) is 5.69 Å². The van der Waals surface area contributed by atoms with E-state index < -0.39 is 25.3 Å². The van der Waals surface area contributed by atoms with E-state index in [1.54, 1.807) is 6.07 Å². The molecule has 108 valence electrons. The van der Waals surface area contributed by atoms with Crippen molar-refractivity contribution in [1.29, 1.82) is 0 Å². The van der Waals surface area contributed by atoms with E-state index in [9.17, 15) is 23.3 Å². The van der Waals surface area contributed by atoms with Crippen molar-refractivity contribution in [3.05, 3.63) is 58.6 Å². The highest BCUT2D eigenvalue weighted by atomic mass is 32.2. The monoisotopic (exact) mass is 306 g/mol. The summed E-state index contributed by atoms with van der Waals surface area (Å²) in [5.41, 5.74) is -0.450. The number of benzene rings is 2. The van der Waals surface area contributed by atoms with Crippen LogP contribution in [0.5, 0.6) is 0 Å². The highest BCUT2D eigenvalue weighted by Crippen LogP contribution is 2.31. The van der Waals surface area contributed by atoms with Crippen molar-refractivity contribution >= 4 is 27.6 Å². The standard InChI is InChI=1S/C13H10N2O5S/c16-9-14-10-6-7-13(12(8-10)15(17)18)21(19,20)11-4-2-1-3-5-11/h1-9H,(H,14,16). The SMILES string of the molecule is O=CNc1ccc(S(=O)(=O)c2ccccc2)c([N+](=O)[O-])c1. The molecule has 2 aromatic rings. The number of anilines is 1. The van der Waals surface area contributed by atoms with E-state index >= 15 is 0 Å². The fourth-order valence-electron chi connectivity index (χ4n) is 1.77. The maximum absolute atomic E-state index is 12.4. The van der Waals surface area contributed by atoms with Crippen molar-refractivity contribution in [2.24, 2.45) is 0 Å². The van der Waals surface area contributed by atoms with Gasteiger partial charge in [-0.2, -0.15) is 0 Å². The molecular formula is C13H10N2O5S. The number of carbonyl (C=O) groups is 1. The predicted molar refractivity (Wildman–Crippen MR) is 74.7 cm³/mol. The molecule has 0 saturated carbocycles. The Hall–Kier alpha value is -2.74. The van der Waals surface area contributed by atoms with Crippen molar-refractivity contribution in [3.8, 4) is 0 Å². The first-order valence-corrected chi connectivity index (χ1v) is 7.24. The number of carbonyl (C=O) groups excluding carboxylic acids is 1. The summed E-state index contributed by atoms with van der Waals surface area (Å²) in [4.78, 5) is 20.2. The molecule has 1 N–H and O–H groups in total. The number of nitrogens with one attached hydrogen (secondary N) is 1. The summed E-state index contributed by atoms with van der Waals surface area (Å²) in [7, 11) is -4.00. The number of amides is 1. The normalized spacial score (nSPS) is 10.9. The van der Waals surface area contributed by atoms with E-state index in [1.165, 1.54) is 30.3 Å². The third-order valence-electron chi connectivity index (χ3n) is 2.72. The number of hydrogen-bond acceptors (Lipinski definition) is 5. The Bertz CT molecular complexity index is 787. The molecule has 0 bridgehead atoms. The molecule has 2 aromatic carbocycles. The number of nitro groups is 1. The van der Waals surface area contributed by atoms with Crippen LogP contribution in [0.3, 0.4) is 0 Å². The van der Waals surface area contributed by atoms with Crippen LogP contribution in [0.4, 0.5) is 11.4 Å². The van der Waals surface area contributed by atoms with E-state index in [4.69, 9.17) is 0 Å². The quantitative estimate of drug-likeness (QED) is 0.516. The molecule has 0 radical (unpaired) electrons. The molecule has 0 aliphatic carbocycles. The van der Waals surface area contributed by atoms with Crippen LogP contribution in [0.2, 0.25) is 0 Å². The smallest absolute Gasteiger partial charge is 0.290 e. The lowest BCUT2D eigenvalue weighted by Gasteiger charge is -2.07. The first-order valence-electron chi connectivity index (χ1n) is 5.75. The molecule has 0 aliphatic rings. The minimum atomic E-state index is -4.00. The van der Waals surface area contributed by atoms with Gasteiger partial charge < -0.3 is 5.32 Å². The van der Waals surface area contributed by atoms with Crippen LogP contribution in [0.15, 0.2) is 58.3 Å². The Labute approximate surface area is 120 Å². The molecular weight excluding hydrogens is 296 g/mol. The topological polar surface area (TPSA) is 106 Å². The second-order valence-electron chi connectivity index (χ2n) is 4.02. The molecule has 7 nitrogen and oxygen atoms in total. The Morgan fingerprint density at radius 3 is 2.33 bits per heavy atom. The first kappa shape index (κ1) is 14.7.